The Hall–Kier alpha value is -3.98. The fourth-order valence-corrected chi connectivity index (χ4v) is 4.56. The summed E-state index contributed by atoms with van der Waals surface area (Å²) in [6.07, 6.45) is 1.47. The topological polar surface area (TPSA) is 113 Å². The number of nitrogens with zero attached hydrogens (tertiary/aromatic N) is 1. The highest BCUT2D eigenvalue weighted by Crippen LogP contribution is 2.45. The summed E-state index contributed by atoms with van der Waals surface area (Å²) in [6.45, 7) is -0.00171. The highest BCUT2D eigenvalue weighted by atomic mass is 79.9. The number of ketones is 1. The Morgan fingerprint density at radius 1 is 1.15 bits per heavy atom. The first-order valence-corrected chi connectivity index (χ1v) is 11.0. The van der Waals surface area contributed by atoms with Crippen molar-refractivity contribution in [2.24, 2.45) is 0 Å². The Kier molecular flexibility index (Phi) is 5.41. The van der Waals surface area contributed by atoms with Gasteiger partial charge in [0.05, 0.1) is 36.0 Å². The van der Waals surface area contributed by atoms with Gasteiger partial charge in [-0.1, -0.05) is 18.2 Å². The fraction of sp³-hybridized carbons (Fsp3) is 0.120. The van der Waals surface area contributed by atoms with E-state index in [0.717, 1.165) is 0 Å². The van der Waals surface area contributed by atoms with Gasteiger partial charge in [-0.2, -0.15) is 0 Å². The van der Waals surface area contributed by atoms with Crippen LogP contribution >= 0.6 is 15.9 Å². The predicted octanol–water partition coefficient (Wildman–Crippen LogP) is 5.28. The first-order chi connectivity index (χ1) is 16.4. The number of amides is 1. The number of rotatable bonds is 6. The van der Waals surface area contributed by atoms with E-state index in [2.05, 4.69) is 15.9 Å². The number of phenols is 1. The molecule has 9 heteroatoms. The quantitative estimate of drug-likeness (QED) is 0.330. The van der Waals surface area contributed by atoms with Crippen LogP contribution in [-0.4, -0.2) is 33.9 Å². The van der Waals surface area contributed by atoms with Crippen molar-refractivity contribution in [2.45, 2.75) is 12.6 Å². The largest absolute Gasteiger partial charge is 0.503 e. The van der Waals surface area contributed by atoms with E-state index < -0.39 is 23.5 Å². The van der Waals surface area contributed by atoms with E-state index in [0.29, 0.717) is 26.8 Å². The lowest BCUT2D eigenvalue weighted by atomic mass is 9.94. The molecule has 4 aromatic rings. The number of ether oxygens (including phenoxy) is 1. The molecule has 2 aromatic heterocycles. The number of furan rings is 2. The smallest absolute Gasteiger partial charge is 0.290 e. The van der Waals surface area contributed by atoms with E-state index in [1.807, 2.05) is 6.07 Å². The van der Waals surface area contributed by atoms with Crippen molar-refractivity contribution in [1.29, 1.82) is 0 Å². The van der Waals surface area contributed by atoms with Gasteiger partial charge in [0.15, 0.2) is 23.0 Å². The van der Waals surface area contributed by atoms with Crippen LogP contribution in [0.15, 0.2) is 85.5 Å². The maximum Gasteiger partial charge on any atom is 0.290 e. The zero-order valence-corrected chi connectivity index (χ0v) is 19.4. The Morgan fingerprint density at radius 2 is 1.94 bits per heavy atom. The Morgan fingerprint density at radius 3 is 2.65 bits per heavy atom. The predicted molar refractivity (Wildman–Crippen MR) is 125 cm³/mol. The second kappa shape index (κ2) is 8.42. The minimum absolute atomic E-state index is 0.00171. The Labute approximate surface area is 201 Å². The van der Waals surface area contributed by atoms with Crippen molar-refractivity contribution in [1.82, 2.24) is 4.90 Å². The van der Waals surface area contributed by atoms with Crippen molar-refractivity contribution in [2.75, 3.05) is 7.11 Å². The Bertz CT molecular complexity index is 1420. The number of hydrogen-bond donors (Lipinski definition) is 2. The van der Waals surface area contributed by atoms with Crippen LogP contribution < -0.4 is 4.74 Å². The number of hydrogen-bond acceptors (Lipinski definition) is 7. The molecule has 1 amide bonds. The number of carbonyl (C=O) groups excluding carboxylic acids is 2. The molecule has 2 aromatic carbocycles. The van der Waals surface area contributed by atoms with Crippen LogP contribution in [0, 0.1) is 0 Å². The lowest BCUT2D eigenvalue weighted by Gasteiger charge is -2.26. The van der Waals surface area contributed by atoms with Crippen molar-refractivity contribution in [3.63, 3.8) is 0 Å². The lowest BCUT2D eigenvalue weighted by molar-refractivity contribution is -0.130. The molecule has 34 heavy (non-hydrogen) atoms. The van der Waals surface area contributed by atoms with Crippen LogP contribution in [0.4, 0.5) is 0 Å². The second-order valence-electron chi connectivity index (χ2n) is 7.71. The van der Waals surface area contributed by atoms with Crippen molar-refractivity contribution < 1.29 is 33.4 Å². The molecule has 3 heterocycles. The SMILES string of the molecule is COc1cc([C@H]2C(C(=O)c3cc4ccccc4o3)=C(O)C(=O)N2Cc2ccco2)cc(Br)c1O. The molecule has 1 aliphatic rings. The third-order valence-corrected chi connectivity index (χ3v) is 6.29. The van der Waals surface area contributed by atoms with E-state index >= 15 is 0 Å². The van der Waals surface area contributed by atoms with Gasteiger partial charge < -0.3 is 28.7 Å². The van der Waals surface area contributed by atoms with E-state index in [1.165, 1.54) is 24.3 Å². The van der Waals surface area contributed by atoms with Gasteiger partial charge in [-0.25, -0.2) is 0 Å². The number of halogens is 1. The summed E-state index contributed by atoms with van der Waals surface area (Å²) in [5, 5.41) is 21.8. The summed E-state index contributed by atoms with van der Waals surface area (Å²) in [5.41, 5.74) is 0.800. The molecular weight excluding hydrogens is 506 g/mol. The second-order valence-corrected chi connectivity index (χ2v) is 8.56. The molecule has 8 nitrogen and oxygen atoms in total. The number of fused-ring (bicyclic) bond motifs is 1. The van der Waals surface area contributed by atoms with Crippen LogP contribution in [0.5, 0.6) is 11.5 Å². The van der Waals surface area contributed by atoms with Crippen LogP contribution in [0.25, 0.3) is 11.0 Å². The molecule has 0 radical (unpaired) electrons. The van der Waals surface area contributed by atoms with Gasteiger partial charge in [-0.3, -0.25) is 9.59 Å². The number of aromatic hydroxyl groups is 1. The van der Waals surface area contributed by atoms with E-state index in [9.17, 15) is 19.8 Å². The van der Waals surface area contributed by atoms with Gasteiger partial charge in [0.1, 0.15) is 11.3 Å². The molecule has 1 aliphatic heterocycles. The number of methoxy groups -OCH3 is 1. The molecule has 0 spiro atoms. The molecule has 1 atom stereocenters. The molecule has 0 fully saturated rings. The van der Waals surface area contributed by atoms with Crippen molar-refractivity contribution in [3.05, 3.63) is 93.7 Å². The fourth-order valence-electron chi connectivity index (χ4n) is 4.10. The number of aliphatic hydroxyl groups excluding tert-OH is 1. The number of aliphatic hydroxyl groups is 1. The van der Waals surface area contributed by atoms with E-state index in [-0.39, 0.29) is 29.4 Å². The van der Waals surface area contributed by atoms with Gasteiger partial charge in [-0.15, -0.1) is 0 Å². The van der Waals surface area contributed by atoms with Crippen molar-refractivity contribution in [3.8, 4) is 11.5 Å². The zero-order chi connectivity index (χ0) is 24.0. The van der Waals surface area contributed by atoms with Crippen LogP contribution in [0.2, 0.25) is 0 Å². The minimum atomic E-state index is -0.996. The van der Waals surface area contributed by atoms with Crippen molar-refractivity contribution >= 4 is 38.6 Å². The van der Waals surface area contributed by atoms with Crippen LogP contribution in [-0.2, 0) is 11.3 Å². The Balaban J connectivity index is 1.65. The number of phenolic OH excluding ortho intramolecular Hbond substituents is 1. The number of benzene rings is 2. The first kappa shape index (κ1) is 21.8. The normalized spacial score (nSPS) is 16.0. The molecule has 0 aliphatic carbocycles. The zero-order valence-electron chi connectivity index (χ0n) is 17.8. The van der Waals surface area contributed by atoms with Gasteiger partial charge in [-0.05, 0) is 57.9 Å². The summed E-state index contributed by atoms with van der Waals surface area (Å²) in [5.74, 6) is -1.58. The molecule has 0 saturated heterocycles. The summed E-state index contributed by atoms with van der Waals surface area (Å²) in [4.78, 5) is 28.1. The third kappa shape index (κ3) is 3.54. The molecule has 2 N–H and O–H groups in total. The summed E-state index contributed by atoms with van der Waals surface area (Å²) >= 11 is 3.29. The van der Waals surface area contributed by atoms with Crippen LogP contribution in [0.1, 0.15) is 27.9 Å². The highest BCUT2D eigenvalue weighted by molar-refractivity contribution is 9.10. The number of para-hydroxylation sites is 1. The molecule has 0 bridgehead atoms. The van der Waals surface area contributed by atoms with E-state index in [4.69, 9.17) is 13.6 Å². The average Bonchev–Trinajstić information content (AvgIpc) is 3.56. The lowest BCUT2D eigenvalue weighted by Crippen LogP contribution is -2.30. The first-order valence-electron chi connectivity index (χ1n) is 10.2. The third-order valence-electron chi connectivity index (χ3n) is 5.69. The van der Waals surface area contributed by atoms with Crippen LogP contribution in [0.3, 0.4) is 0 Å². The molecule has 0 unspecified atom stereocenters. The number of Topliss-reactive ketones (excluding diaryl/α,β-unsaturated/α-hetero) is 1. The maximum atomic E-state index is 13.6. The monoisotopic (exact) mass is 523 g/mol. The summed E-state index contributed by atoms with van der Waals surface area (Å²) in [6, 6.07) is 14.1. The van der Waals surface area contributed by atoms with Gasteiger partial charge in [0.25, 0.3) is 5.91 Å². The van der Waals surface area contributed by atoms with E-state index in [1.54, 1.807) is 42.5 Å². The maximum absolute atomic E-state index is 13.6. The summed E-state index contributed by atoms with van der Waals surface area (Å²) < 4.78 is 16.7. The average molecular weight is 524 g/mol. The van der Waals surface area contributed by atoms with Gasteiger partial charge in [0.2, 0.25) is 5.78 Å². The van der Waals surface area contributed by atoms with Gasteiger partial charge >= 0.3 is 0 Å². The molecular formula is C25H18BrNO7. The summed E-state index contributed by atoms with van der Waals surface area (Å²) in [7, 11) is 1.39. The number of carbonyl (C=O) groups is 2. The highest BCUT2D eigenvalue weighted by Gasteiger charge is 2.45. The molecule has 0 saturated carbocycles. The standard InChI is InChI=1S/C25H18BrNO7/c1-32-18-11-14(9-16(26)22(18)28)21-20(23(29)19-10-13-5-2-3-7-17(13)34-19)24(30)25(31)27(21)12-15-6-4-8-33-15/h2-11,21,28,30H,12H2,1H3/t21-/m0/s1. The molecule has 172 valence electrons. The van der Waals surface area contributed by atoms with Gasteiger partial charge in [0, 0.05) is 5.39 Å². The minimum Gasteiger partial charge on any atom is -0.503 e. The molecule has 5 rings (SSSR count).